The molecule has 1 amide bonds. The van der Waals surface area contributed by atoms with Gasteiger partial charge in [0, 0.05) is 19.8 Å². The standard InChI is InChI=1S/C16H19ClN2O5S/c1-19(2)25(23,24)14-9-10(7-8-13(14)17)18-15(20)11-5-3-4-6-12(11)16(21)22/h3-4,7-9,11-12H,5-6H2,1-2H3,(H,18,20)(H,21,22)/t11-,12+/m1/s1. The number of carbonyl (C=O) groups is 2. The quantitative estimate of drug-likeness (QED) is 0.755. The molecular weight excluding hydrogens is 368 g/mol. The molecule has 0 unspecified atom stereocenters. The van der Waals surface area contributed by atoms with Crippen LogP contribution in [0.5, 0.6) is 0 Å². The highest BCUT2D eigenvalue weighted by Crippen LogP contribution is 2.30. The average Bonchev–Trinajstić information content (AvgIpc) is 2.56. The minimum absolute atomic E-state index is 0.0377. The number of hydrogen-bond acceptors (Lipinski definition) is 4. The Morgan fingerprint density at radius 3 is 2.36 bits per heavy atom. The van der Waals surface area contributed by atoms with Gasteiger partial charge in [0.2, 0.25) is 15.9 Å². The molecule has 2 atom stereocenters. The highest BCUT2D eigenvalue weighted by atomic mass is 35.5. The molecule has 0 aromatic heterocycles. The first-order valence-electron chi connectivity index (χ1n) is 7.55. The van der Waals surface area contributed by atoms with E-state index in [1.165, 1.54) is 32.3 Å². The average molecular weight is 387 g/mol. The third kappa shape index (κ3) is 4.20. The van der Waals surface area contributed by atoms with Crippen LogP contribution < -0.4 is 5.32 Å². The highest BCUT2D eigenvalue weighted by Gasteiger charge is 2.34. The second-order valence-corrected chi connectivity index (χ2v) is 8.44. The summed E-state index contributed by atoms with van der Waals surface area (Å²) in [4.78, 5) is 23.6. The van der Waals surface area contributed by atoms with Crippen LogP contribution in [0.1, 0.15) is 12.8 Å². The predicted molar refractivity (Wildman–Crippen MR) is 93.9 cm³/mol. The maximum Gasteiger partial charge on any atom is 0.307 e. The molecule has 1 aromatic carbocycles. The van der Waals surface area contributed by atoms with Crippen molar-refractivity contribution in [3.05, 3.63) is 35.4 Å². The lowest BCUT2D eigenvalue weighted by atomic mass is 9.82. The second kappa shape index (κ2) is 7.55. The van der Waals surface area contributed by atoms with Crippen LogP contribution in [0.4, 0.5) is 5.69 Å². The van der Waals surface area contributed by atoms with Crippen LogP contribution in [0.25, 0.3) is 0 Å². The number of aliphatic carboxylic acids is 1. The molecule has 0 radical (unpaired) electrons. The molecule has 1 aromatic rings. The predicted octanol–water partition coefficient (Wildman–Crippen LogP) is 2.20. The van der Waals surface area contributed by atoms with E-state index in [9.17, 15) is 23.1 Å². The van der Waals surface area contributed by atoms with E-state index >= 15 is 0 Å². The van der Waals surface area contributed by atoms with E-state index in [2.05, 4.69) is 5.32 Å². The van der Waals surface area contributed by atoms with Crippen molar-refractivity contribution in [2.24, 2.45) is 11.8 Å². The largest absolute Gasteiger partial charge is 0.481 e. The fraction of sp³-hybridized carbons (Fsp3) is 0.375. The molecule has 0 bridgehead atoms. The number of sulfonamides is 1. The lowest BCUT2D eigenvalue weighted by molar-refractivity contribution is -0.146. The minimum atomic E-state index is -3.77. The molecule has 0 spiro atoms. The van der Waals surface area contributed by atoms with Gasteiger partial charge >= 0.3 is 5.97 Å². The van der Waals surface area contributed by atoms with Gasteiger partial charge in [0.15, 0.2) is 0 Å². The molecule has 0 heterocycles. The Hall–Kier alpha value is -1.90. The van der Waals surface area contributed by atoms with Gasteiger partial charge in [0.1, 0.15) is 4.90 Å². The van der Waals surface area contributed by atoms with Gasteiger partial charge in [-0.3, -0.25) is 9.59 Å². The van der Waals surface area contributed by atoms with Crippen LogP contribution in [-0.2, 0) is 19.6 Å². The van der Waals surface area contributed by atoms with Gasteiger partial charge in [0.05, 0.1) is 16.9 Å². The number of carboxylic acid groups (broad SMARTS) is 1. The molecule has 0 saturated heterocycles. The summed E-state index contributed by atoms with van der Waals surface area (Å²) in [5, 5.41) is 11.9. The number of allylic oxidation sites excluding steroid dienone is 2. The summed E-state index contributed by atoms with van der Waals surface area (Å²) < 4.78 is 25.6. The van der Waals surface area contributed by atoms with E-state index in [0.29, 0.717) is 6.42 Å². The number of benzene rings is 1. The number of amides is 1. The summed E-state index contributed by atoms with van der Waals surface area (Å²) in [6.07, 6.45) is 4.12. The number of halogens is 1. The smallest absolute Gasteiger partial charge is 0.307 e. The van der Waals surface area contributed by atoms with Gasteiger partial charge in [0.25, 0.3) is 0 Å². The van der Waals surface area contributed by atoms with Crippen molar-refractivity contribution in [2.75, 3.05) is 19.4 Å². The maximum atomic E-state index is 12.5. The van der Waals surface area contributed by atoms with Crippen molar-refractivity contribution in [1.29, 1.82) is 0 Å². The number of rotatable bonds is 5. The van der Waals surface area contributed by atoms with Crippen molar-refractivity contribution >= 4 is 39.2 Å². The van der Waals surface area contributed by atoms with Crippen LogP contribution in [0, 0.1) is 11.8 Å². The first-order chi connectivity index (χ1) is 11.6. The number of nitrogens with one attached hydrogen (secondary N) is 1. The molecule has 1 aliphatic carbocycles. The molecule has 0 aliphatic heterocycles. The van der Waals surface area contributed by atoms with Gasteiger partial charge in [-0.15, -0.1) is 0 Å². The lowest BCUT2D eigenvalue weighted by Gasteiger charge is -2.24. The van der Waals surface area contributed by atoms with Gasteiger partial charge in [-0.1, -0.05) is 23.8 Å². The number of carbonyl (C=O) groups excluding carboxylic acids is 1. The number of carboxylic acids is 1. The molecule has 0 fully saturated rings. The first-order valence-corrected chi connectivity index (χ1v) is 9.37. The third-order valence-electron chi connectivity index (χ3n) is 4.04. The second-order valence-electron chi connectivity index (χ2n) is 5.92. The molecular formula is C16H19ClN2O5S. The Morgan fingerprint density at radius 1 is 1.20 bits per heavy atom. The Bertz CT molecular complexity index is 820. The Morgan fingerprint density at radius 2 is 1.80 bits per heavy atom. The highest BCUT2D eigenvalue weighted by molar-refractivity contribution is 7.89. The van der Waals surface area contributed by atoms with Crippen molar-refractivity contribution in [3.63, 3.8) is 0 Å². The van der Waals surface area contributed by atoms with Crippen molar-refractivity contribution in [1.82, 2.24) is 4.31 Å². The molecule has 7 nitrogen and oxygen atoms in total. The summed E-state index contributed by atoms with van der Waals surface area (Å²) in [5.74, 6) is -3.02. The number of nitrogens with zero attached hydrogens (tertiary/aromatic N) is 1. The zero-order valence-electron chi connectivity index (χ0n) is 13.8. The minimum Gasteiger partial charge on any atom is -0.481 e. The van der Waals surface area contributed by atoms with E-state index in [1.54, 1.807) is 12.2 Å². The summed E-state index contributed by atoms with van der Waals surface area (Å²) in [6, 6.07) is 4.12. The monoisotopic (exact) mass is 386 g/mol. The fourth-order valence-electron chi connectivity index (χ4n) is 2.59. The molecule has 136 valence electrons. The van der Waals surface area contributed by atoms with Crippen molar-refractivity contribution < 1.29 is 23.1 Å². The third-order valence-corrected chi connectivity index (χ3v) is 6.34. The van der Waals surface area contributed by atoms with E-state index in [-0.39, 0.29) is 22.0 Å². The molecule has 25 heavy (non-hydrogen) atoms. The summed E-state index contributed by atoms with van der Waals surface area (Å²) in [6.45, 7) is 0. The Labute approximate surface area is 151 Å². The van der Waals surface area contributed by atoms with Crippen LogP contribution in [0.2, 0.25) is 5.02 Å². The van der Waals surface area contributed by atoms with E-state index in [1.807, 2.05) is 0 Å². The van der Waals surface area contributed by atoms with Gasteiger partial charge in [-0.25, -0.2) is 12.7 Å². The van der Waals surface area contributed by atoms with E-state index in [4.69, 9.17) is 11.6 Å². The van der Waals surface area contributed by atoms with Gasteiger partial charge in [-0.05, 0) is 31.0 Å². The van der Waals surface area contributed by atoms with Crippen molar-refractivity contribution in [2.45, 2.75) is 17.7 Å². The first kappa shape index (κ1) is 19.4. The van der Waals surface area contributed by atoms with E-state index < -0.39 is 33.7 Å². The van der Waals surface area contributed by atoms with Crippen molar-refractivity contribution in [3.8, 4) is 0 Å². The van der Waals surface area contributed by atoms with Crippen LogP contribution in [0.15, 0.2) is 35.2 Å². The lowest BCUT2D eigenvalue weighted by Crippen LogP contribution is -2.34. The van der Waals surface area contributed by atoms with Crippen LogP contribution >= 0.6 is 11.6 Å². The zero-order valence-corrected chi connectivity index (χ0v) is 15.3. The summed E-state index contributed by atoms with van der Waals surface area (Å²) in [7, 11) is -1.01. The van der Waals surface area contributed by atoms with Crippen LogP contribution in [0.3, 0.4) is 0 Å². The van der Waals surface area contributed by atoms with E-state index in [0.717, 1.165) is 4.31 Å². The number of anilines is 1. The molecule has 9 heteroatoms. The zero-order chi connectivity index (χ0) is 18.8. The maximum absolute atomic E-state index is 12.5. The summed E-state index contributed by atoms with van der Waals surface area (Å²) in [5.41, 5.74) is 0.244. The molecule has 2 rings (SSSR count). The topological polar surface area (TPSA) is 104 Å². The summed E-state index contributed by atoms with van der Waals surface area (Å²) >= 11 is 5.97. The molecule has 0 saturated carbocycles. The van der Waals surface area contributed by atoms with Gasteiger partial charge in [-0.2, -0.15) is 0 Å². The normalized spacial score (nSPS) is 20.5. The Kier molecular flexibility index (Phi) is 5.87. The number of hydrogen-bond donors (Lipinski definition) is 2. The Balaban J connectivity index is 2.27. The SMILES string of the molecule is CN(C)S(=O)(=O)c1cc(NC(=O)[C@@H]2CC=CC[C@@H]2C(=O)O)ccc1Cl. The fourth-order valence-corrected chi connectivity index (χ4v) is 3.98. The molecule has 1 aliphatic rings. The molecule has 2 N–H and O–H groups in total. The van der Waals surface area contributed by atoms with Crippen LogP contribution in [-0.4, -0.2) is 43.8 Å². The van der Waals surface area contributed by atoms with Gasteiger partial charge < -0.3 is 10.4 Å².